The minimum Gasteiger partial charge on any atom is -0.0617 e. The Kier molecular flexibility index (Phi) is 2.86. The molecule has 0 saturated heterocycles. The number of hydrogen-bond donors (Lipinski definition) is 0. The largest absolute Gasteiger partial charge is 0.0617 e. The van der Waals surface area contributed by atoms with Crippen LogP contribution >= 0.6 is 0 Å². The average Bonchev–Trinajstić information content (AvgIpc) is 2.99. The molecular formula is C15H21. The highest BCUT2D eigenvalue weighted by atomic mass is 14.3. The van der Waals surface area contributed by atoms with Crippen molar-refractivity contribution in [2.45, 2.75) is 51.4 Å². The van der Waals surface area contributed by atoms with Crippen LogP contribution in [0.1, 0.15) is 68.1 Å². The topological polar surface area (TPSA) is 0 Å². The van der Waals surface area contributed by atoms with E-state index in [2.05, 4.69) is 45.9 Å². The van der Waals surface area contributed by atoms with Crippen LogP contribution < -0.4 is 0 Å². The molecule has 1 aromatic rings. The maximum Gasteiger partial charge on any atom is -0.0156 e. The molecule has 1 unspecified atom stereocenters. The molecule has 0 aliphatic heterocycles. The highest BCUT2D eigenvalue weighted by Gasteiger charge is 2.29. The molecule has 0 heteroatoms. The molecule has 1 aliphatic rings. The normalized spacial score (nSPS) is 16.4. The first-order valence-electron chi connectivity index (χ1n) is 6.07. The van der Waals surface area contributed by atoms with Crippen LogP contribution in [0, 0.1) is 6.92 Å². The van der Waals surface area contributed by atoms with Gasteiger partial charge in [-0.2, -0.15) is 0 Å². The van der Waals surface area contributed by atoms with Crippen molar-refractivity contribution in [1.82, 2.24) is 0 Å². The van der Waals surface area contributed by atoms with Gasteiger partial charge in [-0.25, -0.2) is 0 Å². The first kappa shape index (κ1) is 10.7. The third-order valence-corrected chi connectivity index (χ3v) is 3.31. The fourth-order valence-electron chi connectivity index (χ4n) is 2.38. The van der Waals surface area contributed by atoms with Crippen LogP contribution in [0.3, 0.4) is 0 Å². The standard InChI is InChI=1S/C15H21/c1-10(2)13-6-5-7-14(11(3)4)15(13)12-8-9-12/h5-7,10-12H,1,8-9H2,2-4H3. The van der Waals surface area contributed by atoms with Crippen molar-refractivity contribution in [2.75, 3.05) is 0 Å². The van der Waals surface area contributed by atoms with Crippen molar-refractivity contribution < 1.29 is 0 Å². The highest BCUT2D eigenvalue weighted by Crippen LogP contribution is 2.46. The molecule has 2 rings (SSSR count). The molecule has 0 spiro atoms. The molecule has 1 saturated carbocycles. The molecule has 15 heavy (non-hydrogen) atoms. The molecule has 1 aromatic carbocycles. The summed E-state index contributed by atoms with van der Waals surface area (Å²) in [6.07, 6.45) is 2.76. The Morgan fingerprint density at radius 3 is 2.20 bits per heavy atom. The quantitative estimate of drug-likeness (QED) is 0.669. The van der Waals surface area contributed by atoms with E-state index in [4.69, 9.17) is 0 Å². The Morgan fingerprint density at radius 2 is 1.73 bits per heavy atom. The van der Waals surface area contributed by atoms with Gasteiger partial charge in [-0.15, -0.1) is 0 Å². The van der Waals surface area contributed by atoms with Crippen molar-refractivity contribution >= 4 is 0 Å². The van der Waals surface area contributed by atoms with Gasteiger partial charge in [0.1, 0.15) is 0 Å². The van der Waals surface area contributed by atoms with Crippen LogP contribution in [0.2, 0.25) is 0 Å². The molecule has 0 heterocycles. The lowest BCUT2D eigenvalue weighted by Gasteiger charge is -2.19. The van der Waals surface area contributed by atoms with Crippen molar-refractivity contribution in [3.63, 3.8) is 0 Å². The molecule has 0 bridgehead atoms. The second kappa shape index (κ2) is 4.00. The minimum absolute atomic E-state index is 0.416. The van der Waals surface area contributed by atoms with Crippen molar-refractivity contribution in [3.8, 4) is 0 Å². The Balaban J connectivity index is 2.50. The van der Waals surface area contributed by atoms with E-state index in [1.165, 1.54) is 18.4 Å². The van der Waals surface area contributed by atoms with Gasteiger partial charge < -0.3 is 0 Å². The summed E-state index contributed by atoms with van der Waals surface area (Å²) in [5.74, 6) is 1.89. The lowest BCUT2D eigenvalue weighted by Crippen LogP contribution is -2.02. The van der Waals surface area contributed by atoms with Crippen molar-refractivity contribution in [1.29, 1.82) is 0 Å². The summed E-state index contributed by atoms with van der Waals surface area (Å²) in [6, 6.07) is 6.75. The van der Waals surface area contributed by atoms with E-state index in [-0.39, 0.29) is 0 Å². The minimum atomic E-state index is 0.416. The molecule has 0 aromatic heterocycles. The van der Waals surface area contributed by atoms with Gasteiger partial charge in [0, 0.05) is 0 Å². The van der Waals surface area contributed by atoms with E-state index in [1.807, 2.05) is 0 Å². The van der Waals surface area contributed by atoms with Crippen molar-refractivity contribution in [3.05, 3.63) is 41.8 Å². The summed E-state index contributed by atoms with van der Waals surface area (Å²) >= 11 is 0. The second-order valence-corrected chi connectivity index (χ2v) is 5.18. The van der Waals surface area contributed by atoms with Crippen LogP contribution in [0.5, 0.6) is 0 Å². The van der Waals surface area contributed by atoms with Gasteiger partial charge in [-0.1, -0.05) is 39.0 Å². The number of rotatable bonds is 3. The fraction of sp³-hybridized carbons (Fsp3) is 0.533. The Bertz CT molecular complexity index is 317. The fourth-order valence-corrected chi connectivity index (χ4v) is 2.38. The van der Waals surface area contributed by atoms with Gasteiger partial charge in [-0.05, 0) is 54.2 Å². The Hall–Kier alpha value is -0.780. The third-order valence-electron chi connectivity index (χ3n) is 3.31. The van der Waals surface area contributed by atoms with Gasteiger partial charge in [-0.3, -0.25) is 0 Å². The summed E-state index contributed by atoms with van der Waals surface area (Å²) < 4.78 is 0. The van der Waals surface area contributed by atoms with Crippen LogP contribution in [0.4, 0.5) is 0 Å². The SMILES string of the molecule is [CH2]C(C)c1cccc(C(C)C)c1C1CC1. The summed E-state index contributed by atoms with van der Waals surface area (Å²) in [5.41, 5.74) is 4.64. The molecular weight excluding hydrogens is 180 g/mol. The maximum atomic E-state index is 4.18. The van der Waals surface area contributed by atoms with Crippen LogP contribution in [-0.4, -0.2) is 0 Å². The average molecular weight is 201 g/mol. The molecule has 81 valence electrons. The van der Waals surface area contributed by atoms with E-state index in [1.54, 1.807) is 11.1 Å². The first-order chi connectivity index (χ1) is 7.11. The molecule has 1 fully saturated rings. The first-order valence-corrected chi connectivity index (χ1v) is 6.07. The van der Waals surface area contributed by atoms with Gasteiger partial charge in [0.15, 0.2) is 0 Å². The predicted octanol–water partition coefficient (Wildman–Crippen LogP) is 4.62. The van der Waals surface area contributed by atoms with E-state index in [9.17, 15) is 0 Å². The van der Waals surface area contributed by atoms with Gasteiger partial charge in [0.2, 0.25) is 0 Å². The highest BCUT2D eigenvalue weighted by molar-refractivity contribution is 5.43. The Labute approximate surface area is 93.7 Å². The summed E-state index contributed by atoms with van der Waals surface area (Å²) in [6.45, 7) is 11.0. The van der Waals surface area contributed by atoms with Crippen molar-refractivity contribution in [2.24, 2.45) is 0 Å². The summed E-state index contributed by atoms with van der Waals surface area (Å²) in [5, 5.41) is 0. The van der Waals surface area contributed by atoms with E-state index in [0.717, 1.165) is 5.92 Å². The monoisotopic (exact) mass is 201 g/mol. The molecule has 0 amide bonds. The second-order valence-electron chi connectivity index (χ2n) is 5.18. The van der Waals surface area contributed by atoms with Gasteiger partial charge >= 0.3 is 0 Å². The van der Waals surface area contributed by atoms with Crippen LogP contribution in [0.15, 0.2) is 18.2 Å². The zero-order valence-corrected chi connectivity index (χ0v) is 10.1. The van der Waals surface area contributed by atoms with E-state index in [0.29, 0.717) is 11.8 Å². The summed E-state index contributed by atoms with van der Waals surface area (Å²) in [7, 11) is 0. The number of benzene rings is 1. The third kappa shape index (κ3) is 2.09. The zero-order valence-electron chi connectivity index (χ0n) is 10.1. The molecule has 1 atom stereocenters. The predicted molar refractivity (Wildman–Crippen MR) is 66.3 cm³/mol. The molecule has 0 N–H and O–H groups in total. The van der Waals surface area contributed by atoms with Crippen LogP contribution in [0.25, 0.3) is 0 Å². The summed E-state index contributed by atoms with van der Waals surface area (Å²) in [4.78, 5) is 0. The molecule has 1 radical (unpaired) electrons. The van der Waals surface area contributed by atoms with Gasteiger partial charge in [0.25, 0.3) is 0 Å². The Morgan fingerprint density at radius 1 is 1.13 bits per heavy atom. The zero-order chi connectivity index (χ0) is 11.0. The van der Waals surface area contributed by atoms with E-state index < -0.39 is 0 Å². The number of hydrogen-bond acceptors (Lipinski definition) is 0. The van der Waals surface area contributed by atoms with E-state index >= 15 is 0 Å². The maximum absolute atomic E-state index is 4.18. The smallest absolute Gasteiger partial charge is 0.0156 e. The molecule has 1 aliphatic carbocycles. The van der Waals surface area contributed by atoms with Crippen LogP contribution in [-0.2, 0) is 0 Å². The van der Waals surface area contributed by atoms with Gasteiger partial charge in [0.05, 0.1) is 0 Å². The lowest BCUT2D eigenvalue weighted by molar-refractivity contribution is 0.820. The molecule has 0 nitrogen and oxygen atoms in total. The lowest BCUT2D eigenvalue weighted by atomic mass is 9.86.